The lowest BCUT2D eigenvalue weighted by Gasteiger charge is -2.29. The van der Waals surface area contributed by atoms with Crippen LogP contribution in [0, 0.1) is 13.8 Å². The van der Waals surface area contributed by atoms with Gasteiger partial charge in [-0.05, 0) is 26.7 Å². The minimum atomic E-state index is -0.815. The maximum atomic E-state index is 11.0. The molecule has 0 aromatic carbocycles. The number of anilines is 1. The zero-order valence-corrected chi connectivity index (χ0v) is 10.9. The first-order valence-electron chi connectivity index (χ1n) is 6.36. The summed E-state index contributed by atoms with van der Waals surface area (Å²) >= 11 is 0. The van der Waals surface area contributed by atoms with Crippen LogP contribution in [0.1, 0.15) is 37.1 Å². The van der Waals surface area contributed by atoms with Crippen LogP contribution in [0.15, 0.2) is 6.20 Å². The maximum Gasteiger partial charge on any atom is 0.323 e. The van der Waals surface area contributed by atoms with Crippen molar-refractivity contribution < 1.29 is 9.90 Å². The second-order valence-corrected chi connectivity index (χ2v) is 4.88. The van der Waals surface area contributed by atoms with Crippen molar-refractivity contribution in [2.75, 3.05) is 11.4 Å². The number of aromatic nitrogens is 2. The molecule has 0 amide bonds. The van der Waals surface area contributed by atoms with Gasteiger partial charge in [0.1, 0.15) is 6.54 Å². The van der Waals surface area contributed by atoms with E-state index in [-0.39, 0.29) is 12.6 Å². The molecule has 1 N–H and O–H groups in total. The van der Waals surface area contributed by atoms with Crippen LogP contribution >= 0.6 is 0 Å². The average Bonchev–Trinajstić information content (AvgIpc) is 2.82. The van der Waals surface area contributed by atoms with Gasteiger partial charge < -0.3 is 10.0 Å². The summed E-state index contributed by atoms with van der Waals surface area (Å²) < 4.78 is 0. The summed E-state index contributed by atoms with van der Waals surface area (Å²) in [6.45, 7) is 3.76. The van der Waals surface area contributed by atoms with E-state index < -0.39 is 5.97 Å². The van der Waals surface area contributed by atoms with Gasteiger partial charge in [-0.15, -0.1) is 0 Å². The number of aliphatic carboxylic acids is 1. The topological polar surface area (TPSA) is 66.3 Å². The molecule has 2 rings (SSSR count). The average molecular weight is 249 g/mol. The van der Waals surface area contributed by atoms with E-state index in [4.69, 9.17) is 5.11 Å². The van der Waals surface area contributed by atoms with E-state index >= 15 is 0 Å². The van der Waals surface area contributed by atoms with Crippen molar-refractivity contribution >= 4 is 11.8 Å². The Bertz CT molecular complexity index is 442. The Balaban J connectivity index is 2.31. The molecule has 1 heterocycles. The second kappa shape index (κ2) is 5.33. The third-order valence-electron chi connectivity index (χ3n) is 3.39. The quantitative estimate of drug-likeness (QED) is 0.883. The summed E-state index contributed by atoms with van der Waals surface area (Å²) in [6.07, 6.45) is 6.13. The minimum Gasteiger partial charge on any atom is -0.480 e. The highest BCUT2D eigenvalue weighted by Gasteiger charge is 2.26. The molecule has 5 nitrogen and oxygen atoms in total. The molecule has 0 aliphatic heterocycles. The van der Waals surface area contributed by atoms with Crippen molar-refractivity contribution in [3.8, 4) is 0 Å². The fourth-order valence-corrected chi connectivity index (χ4v) is 2.54. The Morgan fingerprint density at radius 1 is 1.44 bits per heavy atom. The van der Waals surface area contributed by atoms with Gasteiger partial charge in [-0.1, -0.05) is 12.8 Å². The Morgan fingerprint density at radius 2 is 2.11 bits per heavy atom. The standard InChI is InChI=1S/C13H19N3O2/c1-9-7-14-10(2)13(15-9)16(8-12(17)18)11-5-3-4-6-11/h7,11H,3-6,8H2,1-2H3,(H,17,18). The molecule has 0 spiro atoms. The number of carboxylic acids is 1. The molecule has 0 unspecified atom stereocenters. The van der Waals surface area contributed by atoms with Gasteiger partial charge in [0.15, 0.2) is 5.82 Å². The van der Waals surface area contributed by atoms with E-state index in [1.54, 1.807) is 6.20 Å². The van der Waals surface area contributed by atoms with Gasteiger partial charge in [-0.25, -0.2) is 4.98 Å². The zero-order valence-electron chi connectivity index (χ0n) is 10.9. The third kappa shape index (κ3) is 2.78. The Kier molecular flexibility index (Phi) is 3.79. The number of nitrogens with zero attached hydrogens (tertiary/aromatic N) is 3. The van der Waals surface area contributed by atoms with Crippen LogP contribution in [-0.4, -0.2) is 33.6 Å². The lowest BCUT2D eigenvalue weighted by Crippen LogP contribution is -2.39. The Labute approximate surface area is 107 Å². The zero-order chi connectivity index (χ0) is 13.1. The monoisotopic (exact) mass is 249 g/mol. The fraction of sp³-hybridized carbons (Fsp3) is 0.615. The van der Waals surface area contributed by atoms with Crippen molar-refractivity contribution in [3.05, 3.63) is 17.6 Å². The number of carbonyl (C=O) groups is 1. The number of aryl methyl sites for hydroxylation is 2. The number of hydrogen-bond donors (Lipinski definition) is 1. The summed E-state index contributed by atoms with van der Waals surface area (Å²) in [5.74, 6) is -0.0890. The third-order valence-corrected chi connectivity index (χ3v) is 3.39. The molecule has 1 saturated carbocycles. The SMILES string of the molecule is Cc1cnc(C)c(N(CC(=O)O)C2CCCC2)n1. The minimum absolute atomic E-state index is 0.00361. The van der Waals surface area contributed by atoms with Crippen LogP contribution in [0.3, 0.4) is 0 Å². The van der Waals surface area contributed by atoms with Crippen molar-refractivity contribution in [2.45, 2.75) is 45.6 Å². The fourth-order valence-electron chi connectivity index (χ4n) is 2.54. The van der Waals surface area contributed by atoms with Gasteiger partial charge in [-0.3, -0.25) is 9.78 Å². The molecule has 1 aliphatic rings. The normalized spacial score (nSPS) is 15.9. The first-order valence-corrected chi connectivity index (χ1v) is 6.36. The molecule has 1 aliphatic carbocycles. The van der Waals surface area contributed by atoms with E-state index in [2.05, 4.69) is 9.97 Å². The molecule has 18 heavy (non-hydrogen) atoms. The Morgan fingerprint density at radius 3 is 2.72 bits per heavy atom. The molecule has 5 heteroatoms. The van der Waals surface area contributed by atoms with E-state index in [1.807, 2.05) is 18.7 Å². The number of carboxylic acid groups (broad SMARTS) is 1. The largest absolute Gasteiger partial charge is 0.480 e. The highest BCUT2D eigenvalue weighted by atomic mass is 16.4. The predicted octanol–water partition coefficient (Wildman–Crippen LogP) is 1.93. The van der Waals surface area contributed by atoms with Crippen molar-refractivity contribution in [1.82, 2.24) is 9.97 Å². The molecule has 1 fully saturated rings. The molecular formula is C13H19N3O2. The smallest absolute Gasteiger partial charge is 0.323 e. The van der Waals surface area contributed by atoms with Crippen molar-refractivity contribution in [3.63, 3.8) is 0 Å². The lowest BCUT2D eigenvalue weighted by molar-refractivity contribution is -0.135. The van der Waals surface area contributed by atoms with Crippen molar-refractivity contribution in [2.24, 2.45) is 0 Å². The van der Waals surface area contributed by atoms with Crippen LogP contribution < -0.4 is 4.90 Å². The highest BCUT2D eigenvalue weighted by Crippen LogP contribution is 2.28. The molecular weight excluding hydrogens is 230 g/mol. The van der Waals surface area contributed by atoms with E-state index in [1.165, 1.54) is 12.8 Å². The first-order chi connectivity index (χ1) is 8.58. The van der Waals surface area contributed by atoms with E-state index in [0.717, 1.165) is 30.0 Å². The summed E-state index contributed by atoms with van der Waals surface area (Å²) in [5, 5.41) is 9.08. The molecule has 1 aromatic heterocycles. The number of hydrogen-bond acceptors (Lipinski definition) is 4. The maximum absolute atomic E-state index is 11.0. The number of rotatable bonds is 4. The molecule has 1 aromatic rings. The molecule has 0 bridgehead atoms. The van der Waals surface area contributed by atoms with Gasteiger partial charge in [-0.2, -0.15) is 0 Å². The predicted molar refractivity (Wildman–Crippen MR) is 68.7 cm³/mol. The van der Waals surface area contributed by atoms with Crippen LogP contribution in [0.4, 0.5) is 5.82 Å². The summed E-state index contributed by atoms with van der Waals surface area (Å²) in [5.41, 5.74) is 1.62. The van der Waals surface area contributed by atoms with Gasteiger partial charge >= 0.3 is 5.97 Å². The van der Waals surface area contributed by atoms with Crippen LogP contribution in [0.25, 0.3) is 0 Å². The summed E-state index contributed by atoms with van der Waals surface area (Å²) in [6, 6.07) is 0.288. The molecule has 0 atom stereocenters. The van der Waals surface area contributed by atoms with Crippen LogP contribution in [0.5, 0.6) is 0 Å². The van der Waals surface area contributed by atoms with Gasteiger partial charge in [0.25, 0.3) is 0 Å². The molecule has 0 radical (unpaired) electrons. The van der Waals surface area contributed by atoms with Crippen LogP contribution in [-0.2, 0) is 4.79 Å². The first kappa shape index (κ1) is 12.8. The molecule has 98 valence electrons. The highest BCUT2D eigenvalue weighted by molar-refractivity contribution is 5.73. The van der Waals surface area contributed by atoms with Crippen LogP contribution in [0.2, 0.25) is 0 Å². The van der Waals surface area contributed by atoms with Gasteiger partial charge in [0, 0.05) is 12.2 Å². The Hall–Kier alpha value is -1.65. The summed E-state index contributed by atoms with van der Waals surface area (Å²) in [4.78, 5) is 21.7. The second-order valence-electron chi connectivity index (χ2n) is 4.88. The lowest BCUT2D eigenvalue weighted by atomic mass is 10.2. The van der Waals surface area contributed by atoms with Gasteiger partial charge in [0.05, 0.1) is 11.4 Å². The summed E-state index contributed by atoms with van der Waals surface area (Å²) in [7, 11) is 0. The van der Waals surface area contributed by atoms with E-state index in [0.29, 0.717) is 0 Å². The van der Waals surface area contributed by atoms with Gasteiger partial charge in [0.2, 0.25) is 0 Å². The van der Waals surface area contributed by atoms with Crippen molar-refractivity contribution in [1.29, 1.82) is 0 Å². The molecule has 0 saturated heterocycles. The van der Waals surface area contributed by atoms with E-state index in [9.17, 15) is 4.79 Å².